The van der Waals surface area contributed by atoms with Crippen LogP contribution in [0.1, 0.15) is 43.4 Å². The van der Waals surface area contributed by atoms with Crippen LogP contribution >= 0.6 is 0 Å². The fraction of sp³-hybridized carbons (Fsp3) is 0.333. The number of nitro groups is 1. The standard InChI is InChI=1S/C18H22N4O3/c1-5-25-17-8-13(4)14(9-16(17)12(2)3)10-20-21-18-7-6-15(11-19-18)22(23)24/h6-12H,5H2,1-4H3,(H,19,21)/b20-10+. The van der Waals surface area contributed by atoms with Crippen LogP contribution < -0.4 is 10.2 Å². The average Bonchev–Trinajstić information content (AvgIpc) is 2.57. The molecule has 0 atom stereocenters. The zero-order chi connectivity index (χ0) is 18.4. The third-order valence-corrected chi connectivity index (χ3v) is 3.66. The van der Waals surface area contributed by atoms with Crippen LogP contribution in [-0.2, 0) is 0 Å². The summed E-state index contributed by atoms with van der Waals surface area (Å²) in [6.45, 7) is 8.83. The molecule has 0 aliphatic carbocycles. The van der Waals surface area contributed by atoms with E-state index in [2.05, 4.69) is 35.4 Å². The predicted molar refractivity (Wildman–Crippen MR) is 98.5 cm³/mol. The van der Waals surface area contributed by atoms with Gasteiger partial charge in [-0.25, -0.2) is 4.98 Å². The number of hydrazone groups is 1. The predicted octanol–water partition coefficient (Wildman–Crippen LogP) is 4.27. The van der Waals surface area contributed by atoms with Crippen molar-refractivity contribution in [2.45, 2.75) is 33.6 Å². The highest BCUT2D eigenvalue weighted by Gasteiger charge is 2.11. The van der Waals surface area contributed by atoms with Crippen molar-refractivity contribution >= 4 is 17.7 Å². The van der Waals surface area contributed by atoms with Crippen LogP contribution in [-0.4, -0.2) is 22.7 Å². The molecule has 1 heterocycles. The number of ether oxygens (including phenoxy) is 1. The summed E-state index contributed by atoms with van der Waals surface area (Å²) >= 11 is 0. The lowest BCUT2D eigenvalue weighted by atomic mass is 9.97. The number of nitrogens with zero attached hydrogens (tertiary/aromatic N) is 3. The lowest BCUT2D eigenvalue weighted by molar-refractivity contribution is -0.385. The van der Waals surface area contributed by atoms with E-state index in [-0.39, 0.29) is 5.69 Å². The molecule has 132 valence electrons. The average molecular weight is 342 g/mol. The maximum atomic E-state index is 10.6. The van der Waals surface area contributed by atoms with E-state index >= 15 is 0 Å². The molecular weight excluding hydrogens is 320 g/mol. The van der Waals surface area contributed by atoms with E-state index < -0.39 is 4.92 Å². The van der Waals surface area contributed by atoms with Gasteiger partial charge in [-0.05, 0) is 54.7 Å². The molecule has 0 radical (unpaired) electrons. The second-order valence-electron chi connectivity index (χ2n) is 5.86. The smallest absolute Gasteiger partial charge is 0.287 e. The Morgan fingerprint density at radius 2 is 2.16 bits per heavy atom. The molecular formula is C18H22N4O3. The summed E-state index contributed by atoms with van der Waals surface area (Å²) in [6.07, 6.45) is 2.90. The fourth-order valence-corrected chi connectivity index (χ4v) is 2.31. The second kappa shape index (κ2) is 8.23. The van der Waals surface area contributed by atoms with Gasteiger partial charge < -0.3 is 4.74 Å². The largest absolute Gasteiger partial charge is 0.494 e. The molecule has 2 aromatic rings. The van der Waals surface area contributed by atoms with Gasteiger partial charge in [-0.15, -0.1) is 0 Å². The second-order valence-corrected chi connectivity index (χ2v) is 5.86. The number of aryl methyl sites for hydroxylation is 1. The van der Waals surface area contributed by atoms with Crippen molar-refractivity contribution in [2.24, 2.45) is 5.10 Å². The number of anilines is 1. The van der Waals surface area contributed by atoms with Crippen molar-refractivity contribution in [3.05, 3.63) is 57.3 Å². The Kier molecular flexibility index (Phi) is 6.05. The summed E-state index contributed by atoms with van der Waals surface area (Å²) in [7, 11) is 0. The normalized spacial score (nSPS) is 11.1. The highest BCUT2D eigenvalue weighted by molar-refractivity contribution is 5.83. The lowest BCUT2D eigenvalue weighted by Crippen LogP contribution is -2.02. The maximum Gasteiger partial charge on any atom is 0.287 e. The number of hydrogen-bond donors (Lipinski definition) is 1. The third kappa shape index (κ3) is 4.76. The minimum absolute atomic E-state index is 0.0570. The number of hydrogen-bond acceptors (Lipinski definition) is 6. The number of nitrogens with one attached hydrogen (secondary N) is 1. The van der Waals surface area contributed by atoms with E-state index in [1.807, 2.05) is 19.9 Å². The summed E-state index contributed by atoms with van der Waals surface area (Å²) in [5.41, 5.74) is 5.87. The first-order chi connectivity index (χ1) is 11.9. The minimum atomic E-state index is -0.489. The van der Waals surface area contributed by atoms with E-state index in [4.69, 9.17) is 4.74 Å². The molecule has 7 heteroatoms. The summed E-state index contributed by atoms with van der Waals surface area (Å²) in [5, 5.41) is 14.8. The first-order valence-electron chi connectivity index (χ1n) is 8.09. The Labute approximate surface area is 146 Å². The van der Waals surface area contributed by atoms with Gasteiger partial charge in [0.2, 0.25) is 0 Å². The fourth-order valence-electron chi connectivity index (χ4n) is 2.31. The van der Waals surface area contributed by atoms with E-state index in [0.29, 0.717) is 18.3 Å². The Hall–Kier alpha value is -2.96. The molecule has 0 fully saturated rings. The van der Waals surface area contributed by atoms with Gasteiger partial charge in [0.05, 0.1) is 17.7 Å². The number of benzene rings is 1. The molecule has 25 heavy (non-hydrogen) atoms. The van der Waals surface area contributed by atoms with E-state index in [0.717, 1.165) is 22.4 Å². The van der Waals surface area contributed by atoms with Crippen LogP contribution in [0, 0.1) is 17.0 Å². The Morgan fingerprint density at radius 1 is 1.40 bits per heavy atom. The van der Waals surface area contributed by atoms with Crippen molar-refractivity contribution in [1.82, 2.24) is 4.98 Å². The number of aromatic nitrogens is 1. The number of rotatable bonds is 7. The van der Waals surface area contributed by atoms with Gasteiger partial charge in [-0.2, -0.15) is 5.10 Å². The lowest BCUT2D eigenvalue weighted by Gasteiger charge is -2.15. The molecule has 0 saturated heterocycles. The molecule has 0 bridgehead atoms. The Morgan fingerprint density at radius 3 is 2.72 bits per heavy atom. The van der Waals surface area contributed by atoms with Crippen molar-refractivity contribution < 1.29 is 9.66 Å². The molecule has 0 spiro atoms. The molecule has 0 amide bonds. The highest BCUT2D eigenvalue weighted by atomic mass is 16.6. The molecule has 1 N–H and O–H groups in total. The Bertz CT molecular complexity index is 771. The van der Waals surface area contributed by atoms with Crippen LogP contribution in [0.4, 0.5) is 11.5 Å². The molecule has 1 aromatic heterocycles. The quantitative estimate of drug-likeness (QED) is 0.461. The van der Waals surface area contributed by atoms with E-state index in [1.165, 1.54) is 18.3 Å². The van der Waals surface area contributed by atoms with Crippen LogP contribution in [0.25, 0.3) is 0 Å². The summed E-state index contributed by atoms with van der Waals surface area (Å²) < 4.78 is 5.71. The van der Waals surface area contributed by atoms with Crippen LogP contribution in [0.15, 0.2) is 35.6 Å². The van der Waals surface area contributed by atoms with Gasteiger partial charge in [0, 0.05) is 6.07 Å². The zero-order valence-electron chi connectivity index (χ0n) is 14.8. The molecule has 0 aliphatic heterocycles. The maximum absolute atomic E-state index is 10.6. The third-order valence-electron chi connectivity index (χ3n) is 3.66. The minimum Gasteiger partial charge on any atom is -0.494 e. The molecule has 0 unspecified atom stereocenters. The topological polar surface area (TPSA) is 89.6 Å². The monoisotopic (exact) mass is 342 g/mol. The molecule has 0 saturated carbocycles. The molecule has 0 aliphatic rings. The van der Waals surface area contributed by atoms with E-state index in [1.54, 1.807) is 6.21 Å². The summed E-state index contributed by atoms with van der Waals surface area (Å²) in [4.78, 5) is 14.1. The van der Waals surface area contributed by atoms with Gasteiger partial charge in [0.1, 0.15) is 17.8 Å². The SMILES string of the molecule is CCOc1cc(C)c(/C=N/Nc2ccc([N+](=O)[O-])cn2)cc1C(C)C. The van der Waals surface area contributed by atoms with Gasteiger partial charge >= 0.3 is 0 Å². The van der Waals surface area contributed by atoms with Crippen molar-refractivity contribution in [2.75, 3.05) is 12.0 Å². The van der Waals surface area contributed by atoms with Gasteiger partial charge in [-0.3, -0.25) is 15.5 Å². The Balaban J connectivity index is 2.17. The van der Waals surface area contributed by atoms with Gasteiger partial charge in [-0.1, -0.05) is 13.8 Å². The van der Waals surface area contributed by atoms with Crippen LogP contribution in [0.3, 0.4) is 0 Å². The van der Waals surface area contributed by atoms with Gasteiger partial charge in [0.25, 0.3) is 5.69 Å². The van der Waals surface area contributed by atoms with Crippen LogP contribution in [0.2, 0.25) is 0 Å². The van der Waals surface area contributed by atoms with Crippen molar-refractivity contribution in [3.63, 3.8) is 0 Å². The number of pyridine rings is 1. The molecule has 7 nitrogen and oxygen atoms in total. The van der Waals surface area contributed by atoms with Crippen LogP contribution in [0.5, 0.6) is 5.75 Å². The van der Waals surface area contributed by atoms with Crippen molar-refractivity contribution in [1.29, 1.82) is 0 Å². The van der Waals surface area contributed by atoms with Gasteiger partial charge in [0.15, 0.2) is 0 Å². The zero-order valence-corrected chi connectivity index (χ0v) is 14.8. The van der Waals surface area contributed by atoms with E-state index in [9.17, 15) is 10.1 Å². The molecule has 2 rings (SSSR count). The summed E-state index contributed by atoms with van der Waals surface area (Å²) in [6, 6.07) is 6.98. The highest BCUT2D eigenvalue weighted by Crippen LogP contribution is 2.29. The summed E-state index contributed by atoms with van der Waals surface area (Å²) in [5.74, 6) is 1.67. The first kappa shape index (κ1) is 18.4. The first-order valence-corrected chi connectivity index (χ1v) is 8.09. The molecule has 1 aromatic carbocycles. The van der Waals surface area contributed by atoms with Crippen molar-refractivity contribution in [3.8, 4) is 5.75 Å².